The van der Waals surface area contributed by atoms with Crippen molar-refractivity contribution in [3.05, 3.63) is 35.5 Å². The number of rotatable bonds is 6. The maximum atomic E-state index is 12.9. The standard InChI is InChI=1S/C19H21N7O4S2/c1-11-7-8-14(13(9-11)16(27)12-5-3-4-6-12)21-17(28)22-18-20-10-15(31-18)32(29,30)19-23-24-25-26(19)2/h7-10,12H,3-6H2,1-2H3,(H2,20,21,22,28). The summed E-state index contributed by atoms with van der Waals surface area (Å²) in [5, 5.41) is 15.3. The van der Waals surface area contributed by atoms with E-state index in [-0.39, 0.29) is 26.2 Å². The summed E-state index contributed by atoms with van der Waals surface area (Å²) in [6.45, 7) is 1.89. The van der Waals surface area contributed by atoms with Gasteiger partial charge in [0.05, 0.1) is 11.9 Å². The molecule has 1 fully saturated rings. The molecular weight excluding hydrogens is 454 g/mol. The number of carbonyl (C=O) groups excluding carboxylic acids is 2. The van der Waals surface area contributed by atoms with E-state index >= 15 is 0 Å². The second-order valence-electron chi connectivity index (χ2n) is 7.55. The first-order chi connectivity index (χ1) is 15.3. The predicted molar refractivity (Wildman–Crippen MR) is 116 cm³/mol. The van der Waals surface area contributed by atoms with Crippen LogP contribution < -0.4 is 10.6 Å². The van der Waals surface area contributed by atoms with Crippen molar-refractivity contribution in [2.75, 3.05) is 10.6 Å². The summed E-state index contributed by atoms with van der Waals surface area (Å²) < 4.78 is 26.2. The van der Waals surface area contributed by atoms with Crippen molar-refractivity contribution >= 4 is 43.8 Å². The van der Waals surface area contributed by atoms with Crippen molar-refractivity contribution in [2.24, 2.45) is 13.0 Å². The number of amides is 2. The number of carbonyl (C=O) groups is 2. The molecule has 0 bridgehead atoms. The number of aryl methyl sites for hydroxylation is 2. The molecule has 0 spiro atoms. The largest absolute Gasteiger partial charge is 0.325 e. The molecule has 4 rings (SSSR count). The van der Waals surface area contributed by atoms with Crippen LogP contribution in [0.4, 0.5) is 15.6 Å². The van der Waals surface area contributed by atoms with Crippen LogP contribution in [0.25, 0.3) is 0 Å². The van der Waals surface area contributed by atoms with Crippen LogP contribution >= 0.6 is 11.3 Å². The number of benzene rings is 1. The number of anilines is 2. The topological polar surface area (TPSA) is 149 Å². The molecule has 1 saturated carbocycles. The van der Waals surface area contributed by atoms with Crippen LogP contribution in [0.2, 0.25) is 0 Å². The molecule has 1 aliphatic carbocycles. The summed E-state index contributed by atoms with van der Waals surface area (Å²) >= 11 is 0.772. The fraction of sp³-hybridized carbons (Fsp3) is 0.368. The summed E-state index contributed by atoms with van der Waals surface area (Å²) in [6.07, 6.45) is 4.91. The molecule has 2 N–H and O–H groups in total. The highest BCUT2D eigenvalue weighted by atomic mass is 32.2. The highest BCUT2D eigenvalue weighted by molar-refractivity contribution is 7.93. The van der Waals surface area contributed by atoms with Crippen LogP contribution in [0.5, 0.6) is 0 Å². The normalized spacial score (nSPS) is 14.4. The molecule has 2 aromatic heterocycles. The third-order valence-electron chi connectivity index (χ3n) is 5.21. The first-order valence-electron chi connectivity index (χ1n) is 9.92. The maximum Gasteiger partial charge on any atom is 0.325 e. The van der Waals surface area contributed by atoms with E-state index in [9.17, 15) is 18.0 Å². The minimum Gasteiger partial charge on any atom is -0.307 e. The van der Waals surface area contributed by atoms with Gasteiger partial charge in [-0.05, 0) is 42.3 Å². The Kier molecular flexibility index (Phi) is 6.02. The molecule has 168 valence electrons. The number of hydrogen-bond donors (Lipinski definition) is 2. The molecule has 32 heavy (non-hydrogen) atoms. The Hall–Kier alpha value is -3.19. The van der Waals surface area contributed by atoms with E-state index in [2.05, 4.69) is 31.1 Å². The number of nitrogens with zero attached hydrogens (tertiary/aromatic N) is 5. The maximum absolute atomic E-state index is 12.9. The van der Waals surface area contributed by atoms with Crippen LogP contribution in [0.15, 0.2) is 33.8 Å². The van der Waals surface area contributed by atoms with Gasteiger partial charge in [0.25, 0.3) is 15.0 Å². The highest BCUT2D eigenvalue weighted by Crippen LogP contribution is 2.31. The van der Waals surface area contributed by atoms with Crippen molar-refractivity contribution < 1.29 is 18.0 Å². The first kappa shape index (κ1) is 22.0. The molecule has 11 nitrogen and oxygen atoms in total. The number of sulfone groups is 1. The molecule has 0 unspecified atom stereocenters. The van der Waals surface area contributed by atoms with Gasteiger partial charge in [0.1, 0.15) is 4.21 Å². The van der Waals surface area contributed by atoms with Gasteiger partial charge < -0.3 is 5.32 Å². The highest BCUT2D eigenvalue weighted by Gasteiger charge is 2.28. The fourth-order valence-corrected chi connectivity index (χ4v) is 5.95. The summed E-state index contributed by atoms with van der Waals surface area (Å²) in [6, 6.07) is 4.65. The Labute approximate surface area is 188 Å². The number of tetrazole rings is 1. The molecule has 0 atom stereocenters. The molecule has 2 heterocycles. The molecule has 1 aromatic carbocycles. The van der Waals surface area contributed by atoms with Crippen LogP contribution in [0.3, 0.4) is 0 Å². The van der Waals surface area contributed by atoms with Crippen molar-refractivity contribution in [2.45, 2.75) is 42.0 Å². The fourth-order valence-electron chi connectivity index (χ4n) is 3.61. The van der Waals surface area contributed by atoms with Gasteiger partial charge in [-0.2, -0.15) is 0 Å². The van der Waals surface area contributed by atoms with Gasteiger partial charge >= 0.3 is 6.03 Å². The number of thiazole rings is 1. The molecule has 1 aliphatic rings. The molecular formula is C19H21N7O4S2. The zero-order chi connectivity index (χ0) is 22.9. The average molecular weight is 476 g/mol. The number of aromatic nitrogens is 5. The third-order valence-corrected chi connectivity index (χ3v) is 8.28. The van der Waals surface area contributed by atoms with E-state index < -0.39 is 15.9 Å². The summed E-state index contributed by atoms with van der Waals surface area (Å²) in [7, 11) is -2.56. The molecule has 0 radical (unpaired) electrons. The Bertz CT molecular complexity index is 1280. The first-order valence-corrected chi connectivity index (χ1v) is 12.2. The van der Waals surface area contributed by atoms with Crippen LogP contribution in [0.1, 0.15) is 41.6 Å². The van der Waals surface area contributed by atoms with Gasteiger partial charge in [-0.3, -0.25) is 10.1 Å². The lowest BCUT2D eigenvalue weighted by Gasteiger charge is -2.14. The number of urea groups is 1. The molecule has 0 aliphatic heterocycles. The van der Waals surface area contributed by atoms with Crippen LogP contribution in [0, 0.1) is 12.8 Å². The molecule has 13 heteroatoms. The summed E-state index contributed by atoms with van der Waals surface area (Å²) in [4.78, 5) is 29.5. The van der Waals surface area contributed by atoms with Crippen molar-refractivity contribution in [1.82, 2.24) is 25.2 Å². The van der Waals surface area contributed by atoms with Crippen molar-refractivity contribution in [3.63, 3.8) is 0 Å². The number of Topliss-reactive ketones (excluding diaryl/α,β-unsaturated/α-hetero) is 1. The van der Waals surface area contributed by atoms with Crippen molar-refractivity contribution in [1.29, 1.82) is 0 Å². The molecule has 0 saturated heterocycles. The summed E-state index contributed by atoms with van der Waals surface area (Å²) in [5.41, 5.74) is 1.80. The van der Waals surface area contributed by atoms with E-state index in [0.29, 0.717) is 11.3 Å². The van der Waals surface area contributed by atoms with Gasteiger partial charge in [0.15, 0.2) is 10.9 Å². The van der Waals surface area contributed by atoms with Gasteiger partial charge in [0.2, 0.25) is 0 Å². The number of nitrogens with one attached hydrogen (secondary N) is 2. The van der Waals surface area contributed by atoms with E-state index in [1.165, 1.54) is 7.05 Å². The van der Waals surface area contributed by atoms with E-state index in [1.807, 2.05) is 13.0 Å². The third kappa shape index (κ3) is 4.39. The second kappa shape index (κ2) is 8.74. The van der Waals surface area contributed by atoms with Gasteiger partial charge in [0, 0.05) is 18.5 Å². The zero-order valence-electron chi connectivity index (χ0n) is 17.4. The minimum absolute atomic E-state index is 0.0257. The van der Waals surface area contributed by atoms with Crippen LogP contribution in [-0.4, -0.2) is 45.4 Å². The lowest BCUT2D eigenvalue weighted by atomic mass is 9.94. The lowest BCUT2D eigenvalue weighted by molar-refractivity contribution is 0.0923. The summed E-state index contributed by atoms with van der Waals surface area (Å²) in [5.74, 6) is 0.00338. The lowest BCUT2D eigenvalue weighted by Crippen LogP contribution is -2.22. The van der Waals surface area contributed by atoms with Crippen molar-refractivity contribution in [3.8, 4) is 0 Å². The van der Waals surface area contributed by atoms with E-state index in [1.54, 1.807) is 12.1 Å². The van der Waals surface area contributed by atoms with E-state index in [0.717, 1.165) is 53.5 Å². The minimum atomic E-state index is -3.97. The van der Waals surface area contributed by atoms with Gasteiger partial charge in [-0.1, -0.05) is 40.9 Å². The van der Waals surface area contributed by atoms with Gasteiger partial charge in [-0.25, -0.2) is 22.9 Å². The second-order valence-corrected chi connectivity index (χ2v) is 10.6. The number of ketones is 1. The SMILES string of the molecule is Cc1ccc(NC(=O)Nc2ncc(S(=O)(=O)c3nnnn3C)s2)c(C(=O)C2CCCC2)c1. The number of hydrogen-bond acceptors (Lipinski definition) is 9. The van der Waals surface area contributed by atoms with Crippen LogP contribution in [-0.2, 0) is 16.9 Å². The Morgan fingerprint density at radius 2 is 1.94 bits per heavy atom. The van der Waals surface area contributed by atoms with Gasteiger partial charge in [-0.15, -0.1) is 0 Å². The Morgan fingerprint density at radius 3 is 2.62 bits per heavy atom. The van der Waals surface area contributed by atoms with E-state index in [4.69, 9.17) is 0 Å². The molecule has 3 aromatic rings. The monoisotopic (exact) mass is 475 g/mol. The Morgan fingerprint density at radius 1 is 1.19 bits per heavy atom. The average Bonchev–Trinajstić information content (AvgIpc) is 3.50. The zero-order valence-corrected chi connectivity index (χ0v) is 19.0. The molecule has 2 amide bonds. The quantitative estimate of drug-likeness (QED) is 0.517. The predicted octanol–water partition coefficient (Wildman–Crippen LogP) is 2.82. The Balaban J connectivity index is 1.50. The smallest absolute Gasteiger partial charge is 0.307 e.